The smallest absolute Gasteiger partial charge is 0.261 e. The first-order valence-corrected chi connectivity index (χ1v) is 8.78. The fourth-order valence-electron chi connectivity index (χ4n) is 3.72. The lowest BCUT2D eigenvalue weighted by Crippen LogP contribution is -2.41. The Balaban J connectivity index is 1.61. The van der Waals surface area contributed by atoms with Gasteiger partial charge in [-0.3, -0.25) is 14.3 Å². The fourth-order valence-corrected chi connectivity index (χ4v) is 3.72. The minimum atomic E-state index is 0.0251. The zero-order valence-electron chi connectivity index (χ0n) is 14.7. The quantitative estimate of drug-likeness (QED) is 0.735. The zero-order valence-corrected chi connectivity index (χ0v) is 14.7. The topological polar surface area (TPSA) is 56.0 Å². The summed E-state index contributed by atoms with van der Waals surface area (Å²) in [7, 11) is 1.82. The van der Waals surface area contributed by atoms with Crippen molar-refractivity contribution in [3.05, 3.63) is 59.2 Å². The average molecular weight is 337 g/mol. The Hall–Kier alpha value is -2.47. The maximum Gasteiger partial charge on any atom is 0.261 e. The third-order valence-electron chi connectivity index (χ3n) is 5.35. The van der Waals surface area contributed by atoms with Gasteiger partial charge in [0.25, 0.3) is 5.56 Å². The second kappa shape index (κ2) is 6.44. The number of rotatable bonds is 3. The van der Waals surface area contributed by atoms with Crippen LogP contribution in [0.2, 0.25) is 0 Å². The summed E-state index contributed by atoms with van der Waals surface area (Å²) in [5, 5.41) is 0.678. The van der Waals surface area contributed by atoms with Gasteiger partial charge in [-0.2, -0.15) is 0 Å². The highest BCUT2D eigenvalue weighted by Crippen LogP contribution is 2.28. The van der Waals surface area contributed by atoms with E-state index in [4.69, 9.17) is 4.98 Å². The van der Waals surface area contributed by atoms with E-state index < -0.39 is 0 Å². The van der Waals surface area contributed by atoms with Crippen LogP contribution in [0.15, 0.2) is 47.8 Å². The summed E-state index contributed by atoms with van der Waals surface area (Å²) in [5.41, 5.74) is 0.800. The Bertz CT molecular complexity index is 931. The number of imidazole rings is 1. The summed E-state index contributed by atoms with van der Waals surface area (Å²) in [6.45, 7) is 4.95. The molecule has 0 radical (unpaired) electrons. The molecule has 1 aliphatic heterocycles. The first-order valence-electron chi connectivity index (χ1n) is 8.78. The summed E-state index contributed by atoms with van der Waals surface area (Å²) in [4.78, 5) is 23.9. The number of hydrogen-bond acceptors (Lipinski definition) is 4. The number of piperidine rings is 1. The Morgan fingerprint density at radius 3 is 2.92 bits per heavy atom. The van der Waals surface area contributed by atoms with Crippen LogP contribution >= 0.6 is 0 Å². The van der Waals surface area contributed by atoms with Gasteiger partial charge in [0, 0.05) is 32.0 Å². The Kier molecular flexibility index (Phi) is 4.13. The molecule has 3 heterocycles. The normalized spacial score (nSPS) is 21.7. The van der Waals surface area contributed by atoms with Gasteiger partial charge in [-0.25, -0.2) is 9.97 Å². The highest BCUT2D eigenvalue weighted by Gasteiger charge is 2.28. The molecule has 0 N–H and O–H groups in total. The maximum atomic E-state index is 12.6. The molecule has 6 nitrogen and oxygen atoms in total. The van der Waals surface area contributed by atoms with E-state index in [1.54, 1.807) is 4.57 Å². The Morgan fingerprint density at radius 2 is 2.12 bits per heavy atom. The molecule has 0 amide bonds. The van der Waals surface area contributed by atoms with Gasteiger partial charge in [0.1, 0.15) is 5.82 Å². The summed E-state index contributed by atoms with van der Waals surface area (Å²) in [6.07, 6.45) is 6.90. The maximum absolute atomic E-state index is 12.6. The van der Waals surface area contributed by atoms with Crippen molar-refractivity contribution in [1.29, 1.82) is 0 Å². The van der Waals surface area contributed by atoms with Crippen molar-refractivity contribution in [3.8, 4) is 0 Å². The molecule has 4 rings (SSSR count). The standard InChI is InChI=1S/C19H23N5O/c1-14-7-9-23(11-17(14)24-10-8-20-13-24)12-18-21-16-6-4-3-5-15(16)19(25)22(18)2/h3-6,8,10,13-14,17H,7,9,11-12H2,1-2H3/t14-,17-/m1/s1. The average Bonchev–Trinajstić information content (AvgIpc) is 3.15. The van der Waals surface area contributed by atoms with Crippen molar-refractivity contribution in [2.24, 2.45) is 13.0 Å². The van der Waals surface area contributed by atoms with Gasteiger partial charge >= 0.3 is 0 Å². The van der Waals surface area contributed by atoms with Crippen LogP contribution in [0.5, 0.6) is 0 Å². The minimum Gasteiger partial charge on any atom is -0.333 e. The number of hydrogen-bond donors (Lipinski definition) is 0. The number of fused-ring (bicyclic) bond motifs is 1. The van der Waals surface area contributed by atoms with Crippen LogP contribution in [0.3, 0.4) is 0 Å². The second-order valence-corrected chi connectivity index (χ2v) is 6.99. The van der Waals surface area contributed by atoms with Gasteiger partial charge in [-0.05, 0) is 31.0 Å². The van der Waals surface area contributed by atoms with Crippen molar-refractivity contribution in [2.75, 3.05) is 13.1 Å². The van der Waals surface area contributed by atoms with Crippen LogP contribution in [-0.4, -0.2) is 37.1 Å². The summed E-state index contributed by atoms with van der Waals surface area (Å²) >= 11 is 0. The van der Waals surface area contributed by atoms with Gasteiger partial charge in [0.05, 0.1) is 23.8 Å². The molecule has 130 valence electrons. The molecule has 0 aliphatic carbocycles. The molecule has 1 aliphatic rings. The van der Waals surface area contributed by atoms with Crippen molar-refractivity contribution in [1.82, 2.24) is 24.0 Å². The van der Waals surface area contributed by atoms with Crippen molar-refractivity contribution in [2.45, 2.75) is 25.9 Å². The van der Waals surface area contributed by atoms with E-state index in [0.717, 1.165) is 30.9 Å². The van der Waals surface area contributed by atoms with Crippen molar-refractivity contribution in [3.63, 3.8) is 0 Å². The Morgan fingerprint density at radius 1 is 1.28 bits per heavy atom. The molecule has 0 bridgehead atoms. The number of benzene rings is 1. The van der Waals surface area contributed by atoms with Crippen LogP contribution in [0.4, 0.5) is 0 Å². The minimum absolute atomic E-state index is 0.0251. The van der Waals surface area contributed by atoms with Crippen LogP contribution < -0.4 is 5.56 Å². The number of nitrogens with zero attached hydrogens (tertiary/aromatic N) is 5. The fraction of sp³-hybridized carbons (Fsp3) is 0.421. The number of likely N-dealkylation sites (tertiary alicyclic amines) is 1. The molecule has 1 saturated heterocycles. The van der Waals surface area contributed by atoms with E-state index in [9.17, 15) is 4.79 Å². The van der Waals surface area contributed by atoms with E-state index >= 15 is 0 Å². The van der Waals surface area contributed by atoms with Crippen LogP contribution in [0.1, 0.15) is 25.2 Å². The molecule has 0 unspecified atom stereocenters. The van der Waals surface area contributed by atoms with Gasteiger partial charge in [0.2, 0.25) is 0 Å². The Labute approximate surface area is 146 Å². The van der Waals surface area contributed by atoms with Crippen LogP contribution in [0, 0.1) is 5.92 Å². The molecule has 1 fully saturated rings. The first-order chi connectivity index (χ1) is 12.1. The highest BCUT2D eigenvalue weighted by molar-refractivity contribution is 5.77. The number of para-hydroxylation sites is 1. The third-order valence-corrected chi connectivity index (χ3v) is 5.35. The molecule has 25 heavy (non-hydrogen) atoms. The van der Waals surface area contributed by atoms with E-state index in [2.05, 4.69) is 21.4 Å². The van der Waals surface area contributed by atoms with E-state index in [1.807, 2.05) is 50.0 Å². The molecule has 3 aromatic rings. The van der Waals surface area contributed by atoms with Gasteiger partial charge in [-0.15, -0.1) is 0 Å². The second-order valence-electron chi connectivity index (χ2n) is 6.99. The predicted octanol–water partition coefficient (Wildman–Crippen LogP) is 2.21. The third kappa shape index (κ3) is 2.98. The lowest BCUT2D eigenvalue weighted by atomic mass is 9.93. The molecule has 1 aromatic carbocycles. The molecule has 6 heteroatoms. The predicted molar refractivity (Wildman–Crippen MR) is 97.3 cm³/mol. The first kappa shape index (κ1) is 16.0. The molecule has 0 spiro atoms. The highest BCUT2D eigenvalue weighted by atomic mass is 16.1. The lowest BCUT2D eigenvalue weighted by Gasteiger charge is -2.37. The molecular weight excluding hydrogens is 314 g/mol. The van der Waals surface area contributed by atoms with Crippen molar-refractivity contribution < 1.29 is 0 Å². The molecule has 0 saturated carbocycles. The molecule has 2 aromatic heterocycles. The SMILES string of the molecule is C[C@@H]1CCN(Cc2nc3ccccc3c(=O)n2C)C[C@H]1n1ccnc1. The number of aromatic nitrogens is 4. The van der Waals surface area contributed by atoms with E-state index in [-0.39, 0.29) is 5.56 Å². The molecular formula is C19H23N5O. The lowest BCUT2D eigenvalue weighted by molar-refractivity contribution is 0.122. The van der Waals surface area contributed by atoms with E-state index in [1.165, 1.54) is 0 Å². The van der Waals surface area contributed by atoms with Gasteiger partial charge in [-0.1, -0.05) is 19.1 Å². The molecule has 2 atom stereocenters. The largest absolute Gasteiger partial charge is 0.333 e. The van der Waals surface area contributed by atoms with Crippen molar-refractivity contribution >= 4 is 10.9 Å². The zero-order chi connectivity index (χ0) is 17.4. The summed E-state index contributed by atoms with van der Waals surface area (Å²) in [5.74, 6) is 1.43. The summed E-state index contributed by atoms with van der Waals surface area (Å²) in [6, 6.07) is 7.97. The summed E-state index contributed by atoms with van der Waals surface area (Å²) < 4.78 is 3.89. The van der Waals surface area contributed by atoms with Gasteiger partial charge in [0.15, 0.2) is 0 Å². The van der Waals surface area contributed by atoms with Gasteiger partial charge < -0.3 is 4.57 Å². The van der Waals surface area contributed by atoms with E-state index in [0.29, 0.717) is 23.9 Å². The van der Waals surface area contributed by atoms with Crippen LogP contribution in [0.25, 0.3) is 10.9 Å². The van der Waals surface area contributed by atoms with Crippen LogP contribution in [-0.2, 0) is 13.6 Å². The monoisotopic (exact) mass is 337 g/mol.